The van der Waals surface area contributed by atoms with E-state index in [1.165, 1.54) is 11.1 Å². The van der Waals surface area contributed by atoms with Gasteiger partial charge in [0, 0.05) is 26.2 Å². The molecule has 0 fully saturated rings. The highest BCUT2D eigenvalue weighted by Crippen LogP contribution is 2.21. The fourth-order valence-electron chi connectivity index (χ4n) is 1.61. The summed E-state index contributed by atoms with van der Waals surface area (Å²) in [6.45, 7) is 2.42. The highest BCUT2D eigenvalue weighted by atomic mass is 16.2. The van der Waals surface area contributed by atoms with Gasteiger partial charge in [0.05, 0.1) is 0 Å². The molecule has 1 aromatic carbocycles. The van der Waals surface area contributed by atoms with Gasteiger partial charge in [-0.25, -0.2) is 0 Å². The molecule has 0 bridgehead atoms. The first-order valence-electron chi connectivity index (χ1n) is 4.95. The Morgan fingerprint density at radius 3 is 3.00 bits per heavy atom. The molecular formula is C12H14N2O. The molecule has 2 rings (SSSR count). The predicted molar refractivity (Wildman–Crippen MR) is 61.4 cm³/mol. The number of hydrogen-bond donors (Lipinski definition) is 1. The Bertz CT molecular complexity index is 424. The second-order valence-electron chi connectivity index (χ2n) is 3.68. The van der Waals surface area contributed by atoms with E-state index in [0.29, 0.717) is 0 Å². The first-order valence-corrected chi connectivity index (χ1v) is 4.95. The zero-order valence-corrected chi connectivity index (χ0v) is 8.95. The molecule has 0 spiro atoms. The standard InChI is InChI=1S/C12H14N2O/c1-9(15)14(2)12-4-3-11-8-13-6-5-10(11)7-12/h3-7,13H,8H2,1-2H3. The van der Waals surface area contributed by atoms with Crippen LogP contribution in [0.2, 0.25) is 0 Å². The first-order chi connectivity index (χ1) is 7.18. The highest BCUT2D eigenvalue weighted by Gasteiger charge is 2.09. The largest absolute Gasteiger partial charge is 0.387 e. The molecule has 1 N–H and O–H groups in total. The van der Waals surface area contributed by atoms with Crippen molar-refractivity contribution in [2.24, 2.45) is 0 Å². The van der Waals surface area contributed by atoms with Crippen LogP contribution in [0.15, 0.2) is 24.4 Å². The van der Waals surface area contributed by atoms with E-state index in [4.69, 9.17) is 0 Å². The number of benzene rings is 1. The van der Waals surface area contributed by atoms with E-state index in [9.17, 15) is 4.79 Å². The molecule has 1 heterocycles. The predicted octanol–water partition coefficient (Wildman–Crippen LogP) is 1.74. The Hall–Kier alpha value is -1.77. The van der Waals surface area contributed by atoms with E-state index in [2.05, 4.69) is 11.4 Å². The lowest BCUT2D eigenvalue weighted by Gasteiger charge is -2.18. The molecule has 78 valence electrons. The summed E-state index contributed by atoms with van der Waals surface area (Å²) in [6.07, 6.45) is 3.95. The number of carbonyl (C=O) groups is 1. The van der Waals surface area contributed by atoms with Crippen molar-refractivity contribution < 1.29 is 4.79 Å². The van der Waals surface area contributed by atoms with Gasteiger partial charge in [0.15, 0.2) is 0 Å². The van der Waals surface area contributed by atoms with Crippen molar-refractivity contribution in [2.75, 3.05) is 11.9 Å². The van der Waals surface area contributed by atoms with E-state index < -0.39 is 0 Å². The van der Waals surface area contributed by atoms with Gasteiger partial charge in [-0.1, -0.05) is 6.07 Å². The third-order valence-electron chi connectivity index (χ3n) is 2.66. The van der Waals surface area contributed by atoms with Gasteiger partial charge in [-0.05, 0) is 35.5 Å². The molecule has 3 heteroatoms. The summed E-state index contributed by atoms with van der Waals surface area (Å²) in [4.78, 5) is 12.9. The molecule has 15 heavy (non-hydrogen) atoms. The molecule has 1 aliphatic rings. The molecule has 0 saturated heterocycles. The second-order valence-corrected chi connectivity index (χ2v) is 3.68. The van der Waals surface area contributed by atoms with E-state index in [-0.39, 0.29) is 5.91 Å². The van der Waals surface area contributed by atoms with Gasteiger partial charge < -0.3 is 10.2 Å². The average molecular weight is 202 g/mol. The van der Waals surface area contributed by atoms with Gasteiger partial charge in [0.1, 0.15) is 0 Å². The maximum Gasteiger partial charge on any atom is 0.223 e. The molecule has 1 amide bonds. The Labute approximate surface area is 89.4 Å². The van der Waals surface area contributed by atoms with E-state index in [1.807, 2.05) is 24.4 Å². The van der Waals surface area contributed by atoms with Crippen molar-refractivity contribution in [3.05, 3.63) is 35.5 Å². The molecule has 0 aliphatic carbocycles. The number of hydrogen-bond acceptors (Lipinski definition) is 2. The smallest absolute Gasteiger partial charge is 0.223 e. The van der Waals surface area contributed by atoms with Gasteiger partial charge in [0.2, 0.25) is 5.91 Å². The van der Waals surface area contributed by atoms with Crippen LogP contribution in [0.3, 0.4) is 0 Å². The Kier molecular flexibility index (Phi) is 2.46. The molecule has 3 nitrogen and oxygen atoms in total. The summed E-state index contributed by atoms with van der Waals surface area (Å²) >= 11 is 0. The van der Waals surface area contributed by atoms with Crippen LogP contribution in [0, 0.1) is 0 Å². The van der Waals surface area contributed by atoms with Crippen LogP contribution in [-0.2, 0) is 11.3 Å². The lowest BCUT2D eigenvalue weighted by molar-refractivity contribution is -0.116. The molecule has 0 atom stereocenters. The highest BCUT2D eigenvalue weighted by molar-refractivity contribution is 5.91. The molecule has 0 aromatic heterocycles. The summed E-state index contributed by atoms with van der Waals surface area (Å²) in [5.41, 5.74) is 3.38. The van der Waals surface area contributed by atoms with Crippen LogP contribution < -0.4 is 10.2 Å². The van der Waals surface area contributed by atoms with E-state index >= 15 is 0 Å². The van der Waals surface area contributed by atoms with E-state index in [0.717, 1.165) is 12.2 Å². The average Bonchev–Trinajstić information content (AvgIpc) is 2.27. The van der Waals surface area contributed by atoms with Crippen LogP contribution in [0.1, 0.15) is 18.1 Å². The number of nitrogens with zero attached hydrogens (tertiary/aromatic N) is 1. The minimum atomic E-state index is 0.0489. The SMILES string of the molecule is CC(=O)N(C)c1ccc2c(c1)C=CNC2. The summed E-state index contributed by atoms with van der Waals surface area (Å²) in [6, 6.07) is 6.07. The van der Waals surface area contributed by atoms with Crippen LogP contribution in [0.25, 0.3) is 6.08 Å². The van der Waals surface area contributed by atoms with Crippen molar-refractivity contribution in [3.63, 3.8) is 0 Å². The van der Waals surface area contributed by atoms with Crippen LogP contribution in [-0.4, -0.2) is 13.0 Å². The third-order valence-corrected chi connectivity index (χ3v) is 2.66. The maximum atomic E-state index is 11.2. The van der Waals surface area contributed by atoms with Crippen molar-refractivity contribution >= 4 is 17.7 Å². The number of fused-ring (bicyclic) bond motifs is 1. The van der Waals surface area contributed by atoms with Gasteiger partial charge >= 0.3 is 0 Å². The molecule has 0 radical (unpaired) electrons. The van der Waals surface area contributed by atoms with Crippen LogP contribution >= 0.6 is 0 Å². The quantitative estimate of drug-likeness (QED) is 0.752. The van der Waals surface area contributed by atoms with E-state index in [1.54, 1.807) is 18.9 Å². The number of rotatable bonds is 1. The number of nitrogens with one attached hydrogen (secondary N) is 1. The third kappa shape index (κ3) is 1.86. The maximum absolute atomic E-state index is 11.2. The lowest BCUT2D eigenvalue weighted by atomic mass is 10.0. The fourth-order valence-corrected chi connectivity index (χ4v) is 1.61. The molecule has 1 aliphatic heterocycles. The Morgan fingerprint density at radius 1 is 1.47 bits per heavy atom. The minimum absolute atomic E-state index is 0.0489. The summed E-state index contributed by atoms with van der Waals surface area (Å²) < 4.78 is 0. The topological polar surface area (TPSA) is 32.3 Å². The number of anilines is 1. The Morgan fingerprint density at radius 2 is 2.27 bits per heavy atom. The zero-order chi connectivity index (χ0) is 10.8. The summed E-state index contributed by atoms with van der Waals surface area (Å²) in [7, 11) is 1.79. The number of amides is 1. The molecule has 1 aromatic rings. The fraction of sp³-hybridized carbons (Fsp3) is 0.250. The molecule has 0 unspecified atom stereocenters. The second kappa shape index (κ2) is 3.77. The van der Waals surface area contributed by atoms with Gasteiger partial charge in [-0.2, -0.15) is 0 Å². The monoisotopic (exact) mass is 202 g/mol. The lowest BCUT2D eigenvalue weighted by Crippen LogP contribution is -2.23. The minimum Gasteiger partial charge on any atom is -0.387 e. The van der Waals surface area contributed by atoms with Crippen molar-refractivity contribution in [3.8, 4) is 0 Å². The Balaban J connectivity index is 2.37. The summed E-state index contributed by atoms with van der Waals surface area (Å²) in [5, 5.41) is 3.15. The van der Waals surface area contributed by atoms with Gasteiger partial charge in [-0.3, -0.25) is 4.79 Å². The summed E-state index contributed by atoms with van der Waals surface area (Å²) in [5.74, 6) is 0.0489. The zero-order valence-electron chi connectivity index (χ0n) is 8.95. The molecule has 0 saturated carbocycles. The van der Waals surface area contributed by atoms with Crippen LogP contribution in [0.5, 0.6) is 0 Å². The normalized spacial score (nSPS) is 12.9. The number of carbonyl (C=O) groups excluding carboxylic acids is 1. The van der Waals surface area contributed by atoms with Gasteiger partial charge in [-0.15, -0.1) is 0 Å². The molecular weight excluding hydrogens is 188 g/mol. The van der Waals surface area contributed by atoms with Crippen molar-refractivity contribution in [1.82, 2.24) is 5.32 Å². The van der Waals surface area contributed by atoms with Crippen molar-refractivity contribution in [1.29, 1.82) is 0 Å². The van der Waals surface area contributed by atoms with Crippen molar-refractivity contribution in [2.45, 2.75) is 13.5 Å². The first kappa shape index (κ1) is 9.77. The van der Waals surface area contributed by atoms with Gasteiger partial charge in [0.25, 0.3) is 0 Å². The van der Waals surface area contributed by atoms with Crippen LogP contribution in [0.4, 0.5) is 5.69 Å².